The van der Waals surface area contributed by atoms with Crippen molar-refractivity contribution in [1.29, 1.82) is 0 Å². The Bertz CT molecular complexity index is 374. The maximum atomic E-state index is 5.78. The molecule has 1 unspecified atom stereocenters. The van der Waals surface area contributed by atoms with Gasteiger partial charge in [-0.3, -0.25) is 9.88 Å². The molecule has 0 amide bonds. The Labute approximate surface area is 122 Å². The van der Waals surface area contributed by atoms with Gasteiger partial charge in [0.2, 0.25) is 0 Å². The van der Waals surface area contributed by atoms with E-state index in [-0.39, 0.29) is 0 Å². The number of ether oxygens (including phenoxy) is 1. The minimum atomic E-state index is 0.404. The molecule has 1 N–H and O–H groups in total. The molecule has 1 saturated heterocycles. The Hall–Kier alpha value is -0.970. The van der Waals surface area contributed by atoms with Crippen molar-refractivity contribution in [2.24, 2.45) is 0 Å². The molecule has 1 aromatic heterocycles. The van der Waals surface area contributed by atoms with E-state index in [1.54, 1.807) is 0 Å². The van der Waals surface area contributed by atoms with Crippen LogP contribution in [-0.4, -0.2) is 42.7 Å². The number of rotatable bonds is 7. The normalized spacial score (nSPS) is 19.4. The lowest BCUT2D eigenvalue weighted by molar-refractivity contribution is -0.00274. The lowest BCUT2D eigenvalue weighted by Gasteiger charge is -2.27. The van der Waals surface area contributed by atoms with E-state index in [1.807, 2.05) is 6.20 Å². The Balaban J connectivity index is 1.76. The van der Waals surface area contributed by atoms with Crippen molar-refractivity contribution in [3.63, 3.8) is 0 Å². The Kier molecular flexibility index (Phi) is 6.43. The van der Waals surface area contributed by atoms with Crippen molar-refractivity contribution in [2.75, 3.05) is 26.7 Å². The number of hydrogen-bond donors (Lipinski definition) is 1. The van der Waals surface area contributed by atoms with E-state index >= 15 is 0 Å². The summed E-state index contributed by atoms with van der Waals surface area (Å²) in [6.45, 7) is 6.82. The lowest BCUT2D eigenvalue weighted by atomic mass is 10.1. The predicted octanol–water partition coefficient (Wildman–Crippen LogP) is 2.19. The Morgan fingerprint density at radius 1 is 1.40 bits per heavy atom. The molecule has 1 atom stereocenters. The zero-order valence-electron chi connectivity index (χ0n) is 12.8. The van der Waals surface area contributed by atoms with Gasteiger partial charge in [-0.05, 0) is 44.5 Å². The maximum Gasteiger partial charge on any atom is 0.0702 e. The number of nitrogens with one attached hydrogen (secondary N) is 1. The van der Waals surface area contributed by atoms with Crippen LogP contribution in [0.1, 0.15) is 37.4 Å². The SMILES string of the molecule is CCNCc1ccc(CN(C)CC2CCCCO2)nc1. The van der Waals surface area contributed by atoms with Crippen LogP contribution in [0.5, 0.6) is 0 Å². The van der Waals surface area contributed by atoms with Gasteiger partial charge in [-0.1, -0.05) is 13.0 Å². The van der Waals surface area contributed by atoms with Crippen molar-refractivity contribution < 1.29 is 4.74 Å². The summed E-state index contributed by atoms with van der Waals surface area (Å²) in [5.74, 6) is 0. The highest BCUT2D eigenvalue weighted by atomic mass is 16.5. The summed E-state index contributed by atoms with van der Waals surface area (Å²) >= 11 is 0. The largest absolute Gasteiger partial charge is 0.377 e. The van der Waals surface area contributed by atoms with E-state index in [0.29, 0.717) is 6.10 Å². The minimum absolute atomic E-state index is 0.404. The Morgan fingerprint density at radius 3 is 2.95 bits per heavy atom. The predicted molar refractivity (Wildman–Crippen MR) is 81.5 cm³/mol. The molecule has 20 heavy (non-hydrogen) atoms. The van der Waals surface area contributed by atoms with Crippen LogP contribution >= 0.6 is 0 Å². The first-order valence-electron chi connectivity index (χ1n) is 7.72. The lowest BCUT2D eigenvalue weighted by Crippen LogP contribution is -2.33. The van der Waals surface area contributed by atoms with Gasteiger partial charge in [-0.2, -0.15) is 0 Å². The first kappa shape index (κ1) is 15.4. The van der Waals surface area contributed by atoms with Crippen molar-refractivity contribution in [1.82, 2.24) is 15.2 Å². The number of aromatic nitrogens is 1. The van der Waals surface area contributed by atoms with Gasteiger partial charge in [0.1, 0.15) is 0 Å². The van der Waals surface area contributed by atoms with E-state index in [1.165, 1.54) is 24.8 Å². The average molecular weight is 277 g/mol. The molecule has 1 aliphatic rings. The second kappa shape index (κ2) is 8.35. The third-order valence-electron chi connectivity index (χ3n) is 3.69. The fraction of sp³-hybridized carbons (Fsp3) is 0.688. The van der Waals surface area contributed by atoms with Crippen molar-refractivity contribution in [3.05, 3.63) is 29.6 Å². The van der Waals surface area contributed by atoms with Gasteiger partial charge in [0.25, 0.3) is 0 Å². The highest BCUT2D eigenvalue weighted by molar-refractivity contribution is 5.13. The monoisotopic (exact) mass is 277 g/mol. The standard InChI is InChI=1S/C16H27N3O/c1-3-17-10-14-7-8-15(18-11-14)12-19(2)13-16-6-4-5-9-20-16/h7-8,11,16-17H,3-6,9-10,12-13H2,1-2H3. The fourth-order valence-electron chi connectivity index (χ4n) is 2.56. The average Bonchev–Trinajstić information content (AvgIpc) is 2.47. The minimum Gasteiger partial charge on any atom is -0.377 e. The molecule has 4 heteroatoms. The van der Waals surface area contributed by atoms with Crippen molar-refractivity contribution in [3.8, 4) is 0 Å². The number of likely N-dealkylation sites (N-methyl/N-ethyl adjacent to an activating group) is 1. The summed E-state index contributed by atoms with van der Waals surface area (Å²) in [7, 11) is 2.15. The molecule has 0 aromatic carbocycles. The van der Waals surface area contributed by atoms with Crippen LogP contribution in [-0.2, 0) is 17.8 Å². The second-order valence-electron chi connectivity index (χ2n) is 5.62. The van der Waals surface area contributed by atoms with Gasteiger partial charge in [0, 0.05) is 32.4 Å². The topological polar surface area (TPSA) is 37.4 Å². The molecule has 0 spiro atoms. The van der Waals surface area contributed by atoms with Crippen LogP contribution in [0.25, 0.3) is 0 Å². The number of pyridine rings is 1. The zero-order chi connectivity index (χ0) is 14.2. The number of hydrogen-bond acceptors (Lipinski definition) is 4. The molecule has 1 fully saturated rings. The van der Waals surface area contributed by atoms with E-state index in [0.717, 1.165) is 38.5 Å². The zero-order valence-corrected chi connectivity index (χ0v) is 12.8. The summed E-state index contributed by atoms with van der Waals surface area (Å²) in [5, 5.41) is 3.31. The van der Waals surface area contributed by atoms with E-state index < -0.39 is 0 Å². The van der Waals surface area contributed by atoms with Crippen molar-refractivity contribution >= 4 is 0 Å². The molecule has 0 bridgehead atoms. The summed E-state index contributed by atoms with van der Waals surface area (Å²) in [5.41, 5.74) is 2.37. The van der Waals surface area contributed by atoms with Crippen LogP contribution < -0.4 is 5.32 Å². The molecule has 2 heterocycles. The summed E-state index contributed by atoms with van der Waals surface area (Å²) in [4.78, 5) is 6.85. The molecule has 0 aliphatic carbocycles. The van der Waals surface area contributed by atoms with Crippen LogP contribution in [0.2, 0.25) is 0 Å². The summed E-state index contributed by atoms with van der Waals surface area (Å²) < 4.78 is 5.78. The third-order valence-corrected chi connectivity index (χ3v) is 3.69. The van der Waals surface area contributed by atoms with Crippen molar-refractivity contribution in [2.45, 2.75) is 45.4 Å². The molecule has 1 aliphatic heterocycles. The molecule has 1 aromatic rings. The van der Waals surface area contributed by atoms with Crippen LogP contribution in [0.15, 0.2) is 18.3 Å². The molecular formula is C16H27N3O. The van der Waals surface area contributed by atoms with Gasteiger partial charge < -0.3 is 10.1 Å². The highest BCUT2D eigenvalue weighted by Crippen LogP contribution is 2.14. The quantitative estimate of drug-likeness (QED) is 0.829. The first-order valence-corrected chi connectivity index (χ1v) is 7.72. The third kappa shape index (κ3) is 5.19. The van der Waals surface area contributed by atoms with Gasteiger partial charge in [0.05, 0.1) is 11.8 Å². The van der Waals surface area contributed by atoms with E-state index in [2.05, 4.69) is 41.3 Å². The summed E-state index contributed by atoms with van der Waals surface area (Å²) in [6, 6.07) is 4.29. The number of nitrogens with zero attached hydrogens (tertiary/aromatic N) is 2. The summed E-state index contributed by atoms with van der Waals surface area (Å²) in [6.07, 6.45) is 6.09. The van der Waals surface area contributed by atoms with Gasteiger partial charge in [-0.15, -0.1) is 0 Å². The molecule has 2 rings (SSSR count). The van der Waals surface area contributed by atoms with Crippen LogP contribution in [0.3, 0.4) is 0 Å². The smallest absolute Gasteiger partial charge is 0.0702 e. The van der Waals surface area contributed by atoms with Gasteiger partial charge in [0.15, 0.2) is 0 Å². The Morgan fingerprint density at radius 2 is 2.30 bits per heavy atom. The molecule has 4 nitrogen and oxygen atoms in total. The highest BCUT2D eigenvalue weighted by Gasteiger charge is 2.16. The van der Waals surface area contributed by atoms with Gasteiger partial charge >= 0.3 is 0 Å². The van der Waals surface area contributed by atoms with Gasteiger partial charge in [-0.25, -0.2) is 0 Å². The first-order chi connectivity index (χ1) is 9.78. The van der Waals surface area contributed by atoms with Crippen LogP contribution in [0, 0.1) is 0 Å². The fourth-order valence-corrected chi connectivity index (χ4v) is 2.56. The molecule has 0 saturated carbocycles. The molecule has 0 radical (unpaired) electrons. The second-order valence-corrected chi connectivity index (χ2v) is 5.62. The van der Waals surface area contributed by atoms with Crippen LogP contribution in [0.4, 0.5) is 0 Å². The maximum absolute atomic E-state index is 5.78. The van der Waals surface area contributed by atoms with E-state index in [4.69, 9.17) is 4.74 Å². The van der Waals surface area contributed by atoms with E-state index in [9.17, 15) is 0 Å². The molecular weight excluding hydrogens is 250 g/mol. The molecule has 112 valence electrons.